The third-order valence-corrected chi connectivity index (χ3v) is 3.68. The van der Waals surface area contributed by atoms with E-state index in [4.69, 9.17) is 5.11 Å². The Kier molecular flexibility index (Phi) is 4.72. The van der Waals surface area contributed by atoms with Crippen LogP contribution in [0.2, 0.25) is 0 Å². The summed E-state index contributed by atoms with van der Waals surface area (Å²) in [4.78, 5) is 6.86. The first kappa shape index (κ1) is 13.5. The number of hydrogen-bond donors (Lipinski definition) is 1. The molecule has 1 aromatic rings. The first-order valence-electron chi connectivity index (χ1n) is 6.95. The molecule has 102 valence electrons. The van der Waals surface area contributed by atoms with Gasteiger partial charge in [-0.2, -0.15) is 5.10 Å². The van der Waals surface area contributed by atoms with Gasteiger partial charge in [0.25, 0.3) is 0 Å². The quantitative estimate of drug-likeness (QED) is 0.835. The molecule has 0 radical (unpaired) electrons. The second-order valence-corrected chi connectivity index (χ2v) is 5.35. The standard InChI is InChI=1S/C13H24N4O/c1-11(2)17-13(14-10-15-17)9-16-7-3-5-12(16)6-4-8-18/h10-12,18H,3-9H2,1-2H3. The van der Waals surface area contributed by atoms with E-state index >= 15 is 0 Å². The summed E-state index contributed by atoms with van der Waals surface area (Å²) in [5.41, 5.74) is 0. The normalized spacial score (nSPS) is 21.0. The van der Waals surface area contributed by atoms with Gasteiger partial charge in [-0.3, -0.25) is 4.90 Å². The van der Waals surface area contributed by atoms with Crippen LogP contribution >= 0.6 is 0 Å². The van der Waals surface area contributed by atoms with Crippen molar-refractivity contribution in [3.63, 3.8) is 0 Å². The van der Waals surface area contributed by atoms with Crippen molar-refractivity contribution in [2.45, 2.75) is 58.2 Å². The first-order chi connectivity index (χ1) is 8.72. The van der Waals surface area contributed by atoms with Crippen molar-refractivity contribution in [3.05, 3.63) is 12.2 Å². The van der Waals surface area contributed by atoms with Crippen LogP contribution in [0.1, 0.15) is 51.4 Å². The number of hydrogen-bond acceptors (Lipinski definition) is 4. The van der Waals surface area contributed by atoms with E-state index < -0.39 is 0 Å². The van der Waals surface area contributed by atoms with Gasteiger partial charge in [0, 0.05) is 18.7 Å². The van der Waals surface area contributed by atoms with Crippen LogP contribution in [-0.4, -0.2) is 44.0 Å². The van der Waals surface area contributed by atoms with Gasteiger partial charge in [-0.15, -0.1) is 0 Å². The topological polar surface area (TPSA) is 54.2 Å². The van der Waals surface area contributed by atoms with E-state index in [0.717, 1.165) is 31.8 Å². The maximum absolute atomic E-state index is 8.94. The van der Waals surface area contributed by atoms with Crippen molar-refractivity contribution in [3.8, 4) is 0 Å². The van der Waals surface area contributed by atoms with Crippen LogP contribution in [0.5, 0.6) is 0 Å². The van der Waals surface area contributed by atoms with Crippen LogP contribution in [-0.2, 0) is 6.54 Å². The van der Waals surface area contributed by atoms with E-state index in [1.165, 1.54) is 12.8 Å². The molecule has 0 spiro atoms. The summed E-state index contributed by atoms with van der Waals surface area (Å²) in [5, 5.41) is 13.2. The molecule has 0 aliphatic carbocycles. The van der Waals surface area contributed by atoms with E-state index in [-0.39, 0.29) is 0 Å². The van der Waals surface area contributed by atoms with E-state index in [1.54, 1.807) is 6.33 Å². The molecule has 1 unspecified atom stereocenters. The minimum atomic E-state index is 0.298. The van der Waals surface area contributed by atoms with Crippen molar-refractivity contribution in [2.24, 2.45) is 0 Å². The highest BCUT2D eigenvalue weighted by Crippen LogP contribution is 2.23. The van der Waals surface area contributed by atoms with Crippen LogP contribution in [0.15, 0.2) is 6.33 Å². The maximum Gasteiger partial charge on any atom is 0.141 e. The van der Waals surface area contributed by atoms with Gasteiger partial charge in [0.2, 0.25) is 0 Å². The summed E-state index contributed by atoms with van der Waals surface area (Å²) in [5.74, 6) is 1.06. The number of likely N-dealkylation sites (tertiary alicyclic amines) is 1. The van der Waals surface area contributed by atoms with Crippen LogP contribution in [0.4, 0.5) is 0 Å². The van der Waals surface area contributed by atoms with E-state index in [9.17, 15) is 0 Å². The van der Waals surface area contributed by atoms with Crippen molar-refractivity contribution < 1.29 is 5.11 Å². The zero-order valence-electron chi connectivity index (χ0n) is 11.4. The lowest BCUT2D eigenvalue weighted by molar-refractivity contribution is 0.202. The highest BCUT2D eigenvalue weighted by Gasteiger charge is 2.25. The van der Waals surface area contributed by atoms with Crippen molar-refractivity contribution >= 4 is 0 Å². The predicted octanol–water partition coefficient (Wildman–Crippen LogP) is 1.60. The van der Waals surface area contributed by atoms with Gasteiger partial charge >= 0.3 is 0 Å². The summed E-state index contributed by atoms with van der Waals surface area (Å²) >= 11 is 0. The number of aromatic nitrogens is 3. The lowest BCUT2D eigenvalue weighted by atomic mass is 10.1. The molecule has 2 rings (SSSR count). The third kappa shape index (κ3) is 3.09. The molecule has 1 fully saturated rings. The van der Waals surface area contributed by atoms with Crippen molar-refractivity contribution in [2.75, 3.05) is 13.2 Å². The van der Waals surface area contributed by atoms with Crippen molar-refractivity contribution in [1.29, 1.82) is 0 Å². The van der Waals surface area contributed by atoms with Crippen LogP contribution in [0.25, 0.3) is 0 Å². The highest BCUT2D eigenvalue weighted by molar-refractivity contribution is 4.90. The maximum atomic E-state index is 8.94. The summed E-state index contributed by atoms with van der Waals surface area (Å²) < 4.78 is 2.00. The molecule has 5 nitrogen and oxygen atoms in total. The first-order valence-corrected chi connectivity index (χ1v) is 6.95. The lowest BCUT2D eigenvalue weighted by Crippen LogP contribution is -2.30. The Hall–Kier alpha value is -0.940. The fourth-order valence-corrected chi connectivity index (χ4v) is 2.76. The second-order valence-electron chi connectivity index (χ2n) is 5.35. The van der Waals surface area contributed by atoms with Gasteiger partial charge in [0.15, 0.2) is 0 Å². The monoisotopic (exact) mass is 252 g/mol. The average Bonchev–Trinajstić information content (AvgIpc) is 2.96. The van der Waals surface area contributed by atoms with Gasteiger partial charge in [-0.1, -0.05) is 0 Å². The zero-order valence-corrected chi connectivity index (χ0v) is 11.4. The number of nitrogens with zero attached hydrogens (tertiary/aromatic N) is 4. The third-order valence-electron chi connectivity index (χ3n) is 3.68. The smallest absolute Gasteiger partial charge is 0.141 e. The number of rotatable bonds is 6. The molecule has 1 saturated heterocycles. The summed E-state index contributed by atoms with van der Waals surface area (Å²) in [6.07, 6.45) is 6.14. The molecule has 1 aliphatic heterocycles. The lowest BCUT2D eigenvalue weighted by Gasteiger charge is -2.24. The predicted molar refractivity (Wildman–Crippen MR) is 70.2 cm³/mol. The van der Waals surface area contributed by atoms with Gasteiger partial charge in [-0.05, 0) is 46.1 Å². The summed E-state index contributed by atoms with van der Waals surface area (Å²) in [6.45, 7) is 6.58. The molecular formula is C13H24N4O. The Balaban J connectivity index is 1.97. The largest absolute Gasteiger partial charge is 0.396 e. The Morgan fingerprint density at radius 1 is 1.50 bits per heavy atom. The summed E-state index contributed by atoms with van der Waals surface area (Å²) in [7, 11) is 0. The molecule has 0 saturated carbocycles. The molecule has 5 heteroatoms. The second kappa shape index (κ2) is 6.29. The Morgan fingerprint density at radius 3 is 3.06 bits per heavy atom. The Labute approximate surface area is 109 Å². The minimum absolute atomic E-state index is 0.298. The van der Waals surface area contributed by atoms with Crippen LogP contribution < -0.4 is 0 Å². The molecule has 1 aromatic heterocycles. The molecule has 1 atom stereocenters. The SMILES string of the molecule is CC(C)n1ncnc1CN1CCCC1CCCO. The summed E-state index contributed by atoms with van der Waals surface area (Å²) in [6, 6.07) is 0.968. The Morgan fingerprint density at radius 2 is 2.33 bits per heavy atom. The molecular weight excluding hydrogens is 228 g/mol. The van der Waals surface area contributed by atoms with Crippen LogP contribution in [0.3, 0.4) is 0 Å². The van der Waals surface area contributed by atoms with E-state index in [1.807, 2.05) is 4.68 Å². The fourth-order valence-electron chi connectivity index (χ4n) is 2.76. The van der Waals surface area contributed by atoms with Gasteiger partial charge < -0.3 is 5.11 Å². The number of aliphatic hydroxyl groups is 1. The molecule has 0 amide bonds. The van der Waals surface area contributed by atoms with E-state index in [0.29, 0.717) is 18.7 Å². The molecule has 0 aromatic carbocycles. The van der Waals surface area contributed by atoms with Crippen molar-refractivity contribution in [1.82, 2.24) is 19.7 Å². The van der Waals surface area contributed by atoms with Crippen LogP contribution in [0, 0.1) is 0 Å². The molecule has 18 heavy (non-hydrogen) atoms. The van der Waals surface area contributed by atoms with E-state index in [2.05, 4.69) is 28.8 Å². The fraction of sp³-hybridized carbons (Fsp3) is 0.846. The minimum Gasteiger partial charge on any atom is -0.396 e. The molecule has 2 heterocycles. The van der Waals surface area contributed by atoms with Gasteiger partial charge in [0.05, 0.1) is 6.54 Å². The van der Waals surface area contributed by atoms with Gasteiger partial charge in [-0.25, -0.2) is 9.67 Å². The Bertz CT molecular complexity index is 364. The molecule has 1 aliphatic rings. The number of aliphatic hydroxyl groups excluding tert-OH is 1. The average molecular weight is 252 g/mol. The highest BCUT2D eigenvalue weighted by atomic mass is 16.2. The molecule has 1 N–H and O–H groups in total. The zero-order chi connectivity index (χ0) is 13.0. The molecule has 0 bridgehead atoms. The van der Waals surface area contributed by atoms with Gasteiger partial charge in [0.1, 0.15) is 12.2 Å².